The van der Waals surface area contributed by atoms with Crippen LogP contribution in [0.3, 0.4) is 0 Å². The van der Waals surface area contributed by atoms with E-state index in [0.29, 0.717) is 5.56 Å². The second-order valence-electron chi connectivity index (χ2n) is 25.8. The normalized spacial score (nSPS) is 12.0. The van der Waals surface area contributed by atoms with E-state index in [9.17, 15) is 5.26 Å². The fraction of sp³-hybridized carbons (Fsp3) is 0.0449. The molecule has 0 aliphatic carbocycles. The number of aromatic nitrogens is 5. The summed E-state index contributed by atoms with van der Waals surface area (Å²) in [7, 11) is 0. The molecule has 0 aliphatic heterocycles. The number of para-hydroxylation sites is 6. The lowest BCUT2D eigenvalue weighted by Crippen LogP contribution is -2.11. The van der Waals surface area contributed by atoms with Gasteiger partial charge in [0.15, 0.2) is 0 Å². The van der Waals surface area contributed by atoms with Gasteiger partial charge >= 0.3 is 0 Å². The van der Waals surface area contributed by atoms with Gasteiger partial charge in [0.05, 0.1) is 72.1 Å². The molecule has 95 heavy (non-hydrogen) atoms. The largest absolute Gasteiger partial charge is 0.309 e. The van der Waals surface area contributed by atoms with Crippen molar-refractivity contribution in [3.63, 3.8) is 0 Å². The van der Waals surface area contributed by atoms with Gasteiger partial charge in [-0.3, -0.25) is 0 Å². The van der Waals surface area contributed by atoms with Gasteiger partial charge in [0.2, 0.25) is 0 Å². The predicted molar refractivity (Wildman–Crippen MR) is 398 cm³/mol. The van der Waals surface area contributed by atoms with Crippen LogP contribution in [0.15, 0.2) is 291 Å². The Hall–Kier alpha value is -12.4. The third-order valence-corrected chi connectivity index (χ3v) is 20.1. The minimum atomic E-state index is 0.555. The molecule has 14 aromatic carbocycles. The summed E-state index contributed by atoms with van der Waals surface area (Å²) >= 11 is 0. The zero-order valence-electron chi connectivity index (χ0n) is 52.9. The minimum absolute atomic E-state index is 0.555. The molecule has 0 fully saturated rings. The number of nitriles is 1. The van der Waals surface area contributed by atoms with E-state index in [0.717, 1.165) is 139 Å². The van der Waals surface area contributed by atoms with Gasteiger partial charge in [-0.15, -0.1) is 0 Å². The first-order chi connectivity index (χ1) is 46.8. The van der Waals surface area contributed by atoms with Crippen LogP contribution in [0.25, 0.3) is 171 Å². The number of fused-ring (bicyclic) bond motifs is 15. The van der Waals surface area contributed by atoms with Crippen LogP contribution >= 0.6 is 0 Å². The zero-order chi connectivity index (χ0) is 63.3. The van der Waals surface area contributed by atoms with Gasteiger partial charge in [0.25, 0.3) is 0 Å². The van der Waals surface area contributed by atoms with E-state index in [-0.39, 0.29) is 0 Å². The first-order valence-corrected chi connectivity index (χ1v) is 32.7. The summed E-state index contributed by atoms with van der Waals surface area (Å²) in [6, 6.07) is 110. The van der Waals surface area contributed by atoms with Gasteiger partial charge in [-0.2, -0.15) is 5.26 Å². The number of hydrogen-bond donors (Lipinski definition) is 0. The summed E-state index contributed by atoms with van der Waals surface area (Å²) in [6.07, 6.45) is 0. The Kier molecular flexibility index (Phi) is 11.9. The summed E-state index contributed by atoms with van der Waals surface area (Å²) in [4.78, 5) is 0. The Morgan fingerprint density at radius 2 is 0.463 bits per heavy atom. The lowest BCUT2D eigenvalue weighted by molar-refractivity contribution is 1.13. The van der Waals surface area contributed by atoms with E-state index in [2.05, 4.69) is 348 Å². The van der Waals surface area contributed by atoms with Gasteiger partial charge in [-0.1, -0.05) is 192 Å². The molecule has 19 aromatic rings. The fourth-order valence-electron chi connectivity index (χ4n) is 16.1. The molecule has 0 bridgehead atoms. The summed E-state index contributed by atoms with van der Waals surface area (Å²) in [5, 5.41) is 24.9. The van der Waals surface area contributed by atoms with Crippen LogP contribution in [0, 0.1) is 39.0 Å². The maximum absolute atomic E-state index is 13.2. The maximum Gasteiger partial charge on any atom is 0.101 e. The van der Waals surface area contributed by atoms with Crippen molar-refractivity contribution in [3.8, 4) is 67.9 Å². The second-order valence-corrected chi connectivity index (χ2v) is 25.8. The number of hydrogen-bond acceptors (Lipinski definition) is 1. The molecular formula is C89H60N6. The maximum atomic E-state index is 13.2. The molecule has 0 unspecified atom stereocenters. The molecule has 0 spiro atoms. The lowest BCUT2D eigenvalue weighted by Gasteiger charge is -2.28. The van der Waals surface area contributed by atoms with Crippen LogP contribution in [0.4, 0.5) is 0 Å². The van der Waals surface area contributed by atoms with Gasteiger partial charge in [-0.05, 0) is 166 Å². The third-order valence-electron chi connectivity index (χ3n) is 20.1. The molecule has 0 N–H and O–H groups in total. The van der Waals surface area contributed by atoms with E-state index in [1.807, 2.05) is 0 Å². The van der Waals surface area contributed by atoms with Gasteiger partial charge < -0.3 is 22.8 Å². The highest BCUT2D eigenvalue weighted by Crippen LogP contribution is 2.54. The number of benzene rings is 14. The molecular weight excluding hydrogens is 1150 g/mol. The van der Waals surface area contributed by atoms with Crippen molar-refractivity contribution in [1.82, 2.24) is 22.8 Å². The first-order valence-electron chi connectivity index (χ1n) is 32.7. The van der Waals surface area contributed by atoms with Crippen LogP contribution in [-0.2, 0) is 0 Å². The Balaban J connectivity index is 1.06. The van der Waals surface area contributed by atoms with Crippen molar-refractivity contribution in [2.45, 2.75) is 27.7 Å². The van der Waals surface area contributed by atoms with Crippen molar-refractivity contribution in [2.24, 2.45) is 0 Å². The van der Waals surface area contributed by atoms with Crippen LogP contribution in [-0.4, -0.2) is 22.8 Å². The molecule has 0 aliphatic rings. The Bertz CT molecular complexity index is 5950. The van der Waals surface area contributed by atoms with Crippen molar-refractivity contribution in [3.05, 3.63) is 319 Å². The summed E-state index contributed by atoms with van der Waals surface area (Å²) < 4.78 is 12.3. The molecule has 5 aromatic heterocycles. The van der Waals surface area contributed by atoms with Crippen LogP contribution in [0.5, 0.6) is 0 Å². The first kappa shape index (κ1) is 54.3. The second kappa shape index (κ2) is 20.8. The number of rotatable bonds is 8. The molecule has 6 heteroatoms. The SMILES string of the molecule is Cc1ccc2c(c1)c1cc(C)ccc1n2-c1c(-c2cccc(-n3c4ccccc4c4ccccc43)c2)c(C#N)c(-c2cccc(-n3c4ccccc4c4ccccc43)c2)c(-n2c3ccc(C)cc3c3cc(C)ccc32)c1-c1cccc(-n2c3ccccc3c3ccccc32)c1. The number of nitrogens with zero attached hydrogens (tertiary/aromatic N) is 6. The minimum Gasteiger partial charge on any atom is -0.309 e. The molecule has 0 saturated carbocycles. The van der Waals surface area contributed by atoms with E-state index < -0.39 is 0 Å². The van der Waals surface area contributed by atoms with Crippen molar-refractivity contribution in [1.29, 1.82) is 5.26 Å². The van der Waals surface area contributed by atoms with E-state index in [1.54, 1.807) is 0 Å². The average Bonchev–Trinajstić information content (AvgIpc) is 1.50. The van der Waals surface area contributed by atoms with Crippen molar-refractivity contribution < 1.29 is 0 Å². The molecule has 0 radical (unpaired) electrons. The van der Waals surface area contributed by atoms with E-state index >= 15 is 0 Å². The lowest BCUT2D eigenvalue weighted by atomic mass is 9.83. The highest BCUT2D eigenvalue weighted by Gasteiger charge is 2.34. The molecule has 0 saturated heterocycles. The Morgan fingerprint density at radius 3 is 0.726 bits per heavy atom. The van der Waals surface area contributed by atoms with Gasteiger partial charge in [-0.25, -0.2) is 0 Å². The Labute approximate surface area is 548 Å². The molecule has 19 rings (SSSR count). The molecule has 0 amide bonds. The highest BCUT2D eigenvalue weighted by molar-refractivity contribution is 6.17. The topological polar surface area (TPSA) is 48.4 Å². The third kappa shape index (κ3) is 8.03. The van der Waals surface area contributed by atoms with Gasteiger partial charge in [0.1, 0.15) is 6.07 Å². The van der Waals surface area contributed by atoms with Crippen molar-refractivity contribution in [2.75, 3.05) is 0 Å². The van der Waals surface area contributed by atoms with E-state index in [4.69, 9.17) is 0 Å². The van der Waals surface area contributed by atoms with Crippen LogP contribution < -0.4 is 0 Å². The van der Waals surface area contributed by atoms with Crippen LogP contribution in [0.1, 0.15) is 27.8 Å². The monoisotopic (exact) mass is 1210 g/mol. The summed E-state index contributed by atoms with van der Waals surface area (Å²) in [5.74, 6) is 0. The predicted octanol–water partition coefficient (Wildman–Crippen LogP) is 23.3. The summed E-state index contributed by atoms with van der Waals surface area (Å²) in [6.45, 7) is 8.76. The molecule has 5 heterocycles. The molecule has 6 nitrogen and oxygen atoms in total. The molecule has 446 valence electrons. The highest BCUT2D eigenvalue weighted by atomic mass is 15.0. The van der Waals surface area contributed by atoms with Gasteiger partial charge in [0, 0.05) is 87.6 Å². The standard InChI is InChI=1S/C89H60N6/c1-54-38-42-81-70(46-54)71-47-55(2)39-43-82(71)94(81)88-85(58-20-17-23-61(50-58)91-75-32-11-5-26-64(75)65-27-6-12-33-76(65)91)74(53-90)86(59-21-18-24-62(51-59)92-77-34-13-7-28-66(77)67-29-8-14-35-78(67)92)89(95-83-44-40-56(3)48-72(83)73-49-57(4)41-45-84(73)95)87(88)60-22-19-25-63(52-60)93-79-36-15-9-30-68(79)69-31-10-16-37-80(69)93/h5-52H,1-4H3. The van der Waals surface area contributed by atoms with E-state index in [1.165, 1.54) is 54.6 Å². The average molecular weight is 1210 g/mol. The molecule has 0 atom stereocenters. The smallest absolute Gasteiger partial charge is 0.101 e. The number of aryl methyl sites for hydroxylation is 4. The zero-order valence-corrected chi connectivity index (χ0v) is 52.9. The fourth-order valence-corrected chi connectivity index (χ4v) is 16.1. The Morgan fingerprint density at radius 1 is 0.221 bits per heavy atom. The van der Waals surface area contributed by atoms with Crippen LogP contribution in [0.2, 0.25) is 0 Å². The quantitative estimate of drug-likeness (QED) is 0.150. The van der Waals surface area contributed by atoms with Crippen molar-refractivity contribution >= 4 is 109 Å². The summed E-state index contributed by atoms with van der Waals surface area (Å²) in [5.41, 5.74) is 26.3.